The van der Waals surface area contributed by atoms with Crippen molar-refractivity contribution in [2.45, 2.75) is 0 Å². The largest absolute Gasteiger partial charge is 0.256 e. The summed E-state index contributed by atoms with van der Waals surface area (Å²) in [5, 5.41) is 12.1. The number of thiophene rings is 1. The lowest BCUT2D eigenvalue weighted by Gasteiger charge is -2.14. The standard InChI is InChI=1S/C35H21N3S.2C33H21N3/c1-2-9-22(10-3-1)23-16-18-24(19-17-23)32-34-33(28-14-6-7-15-30(28)39-34)38-35(37-32)29-21-25-11-8-20-36-31(25)27-13-5-4-12-26(27)29;1-2-9-22(10-3-1)23-16-18-24(19-17-23)32-33(36-30-15-7-6-14-29(30)35-32)28-21-25-11-8-20-34-31(25)27-13-5-4-12-26(27)28;1-2-9-22(10-3-1)23-16-18-24(19-17-23)32-28-14-6-7-15-30(28)35-33(36-32)29-21-25-11-8-20-34-31(25)27-13-5-4-12-26(27)29/h1-21H;2*1-21H. The molecule has 0 fully saturated rings. The van der Waals surface area contributed by atoms with Crippen LogP contribution in [0, 0.1) is 0 Å². The third-order valence-electron chi connectivity index (χ3n) is 20.8. The van der Waals surface area contributed by atoms with Crippen molar-refractivity contribution in [3.63, 3.8) is 0 Å². The number of fused-ring (bicyclic) bond motifs is 14. The van der Waals surface area contributed by atoms with Crippen molar-refractivity contribution >= 4 is 119 Å². The van der Waals surface area contributed by atoms with Gasteiger partial charge in [0.1, 0.15) is 0 Å². The molecule has 22 rings (SSSR count). The fourth-order valence-corrected chi connectivity index (χ4v) is 16.5. The van der Waals surface area contributed by atoms with Crippen LogP contribution in [0.4, 0.5) is 0 Å². The number of benzene rings is 15. The van der Waals surface area contributed by atoms with Crippen LogP contribution in [0.1, 0.15) is 0 Å². The fourth-order valence-electron chi connectivity index (χ4n) is 15.4. The zero-order valence-electron chi connectivity index (χ0n) is 59.8. The Hall–Kier alpha value is -14.7. The molecule has 22 aromatic rings. The molecule has 0 amide bonds. The summed E-state index contributed by atoms with van der Waals surface area (Å²) in [6, 6.07) is 126. The van der Waals surface area contributed by atoms with Crippen molar-refractivity contribution < 1.29 is 0 Å². The minimum absolute atomic E-state index is 0.720. The topological polar surface area (TPSA) is 116 Å². The van der Waals surface area contributed by atoms with E-state index in [1.807, 2.05) is 91.4 Å². The van der Waals surface area contributed by atoms with Crippen molar-refractivity contribution in [2.75, 3.05) is 0 Å². The summed E-state index contributed by atoms with van der Waals surface area (Å²) in [7, 11) is 0. The lowest BCUT2D eigenvalue weighted by Crippen LogP contribution is -1.97. The van der Waals surface area contributed by atoms with Gasteiger partial charge in [-0.1, -0.05) is 303 Å². The molecule has 0 saturated heterocycles. The van der Waals surface area contributed by atoms with Crippen LogP contribution in [0.25, 0.3) is 208 Å². The monoisotopic (exact) mass is 1430 g/mol. The molecule has 0 atom stereocenters. The number of para-hydroxylation sites is 3. The van der Waals surface area contributed by atoms with Crippen LogP contribution in [0.5, 0.6) is 0 Å². The van der Waals surface area contributed by atoms with Crippen molar-refractivity contribution in [1.82, 2.24) is 44.9 Å². The molecule has 0 saturated carbocycles. The van der Waals surface area contributed by atoms with Gasteiger partial charge in [-0.15, -0.1) is 11.3 Å². The zero-order valence-corrected chi connectivity index (χ0v) is 60.6. The quantitative estimate of drug-likeness (QED) is 0.130. The van der Waals surface area contributed by atoms with E-state index < -0.39 is 0 Å². The van der Waals surface area contributed by atoms with E-state index in [0.717, 1.165) is 170 Å². The Labute approximate surface area is 643 Å². The summed E-state index contributed by atoms with van der Waals surface area (Å²) < 4.78 is 2.33. The van der Waals surface area contributed by atoms with Crippen LogP contribution in [0.3, 0.4) is 0 Å². The Morgan fingerprint density at radius 2 is 0.523 bits per heavy atom. The average molecular weight is 1430 g/mol. The fraction of sp³-hybridized carbons (Fsp3) is 0. The lowest BCUT2D eigenvalue weighted by atomic mass is 9.95. The second-order valence-electron chi connectivity index (χ2n) is 27.5. The summed E-state index contributed by atoms with van der Waals surface area (Å²) in [6.07, 6.45) is 5.55. The maximum absolute atomic E-state index is 5.27. The second-order valence-corrected chi connectivity index (χ2v) is 28.5. The van der Waals surface area contributed by atoms with Gasteiger partial charge in [-0.3, -0.25) is 15.0 Å². The third-order valence-corrected chi connectivity index (χ3v) is 21.9. The molecular weight excluding hydrogens is 1370 g/mol. The van der Waals surface area contributed by atoms with Gasteiger partial charge in [-0.05, 0) is 110 Å². The summed E-state index contributed by atoms with van der Waals surface area (Å²) in [4.78, 5) is 45.0. The molecule has 9 nitrogen and oxygen atoms in total. The predicted octanol–water partition coefficient (Wildman–Crippen LogP) is 26.2. The van der Waals surface area contributed by atoms with Crippen molar-refractivity contribution in [2.24, 2.45) is 0 Å². The SMILES string of the molecule is c1ccc(-c2ccc(-c3nc(-c4cc5cccnc5c5ccccc45)nc4c3sc3ccccc34)cc2)cc1.c1ccc(-c2ccc(-c3nc(-c4cc5cccnc5c5ccccc45)nc4ccccc34)cc2)cc1.c1ccc(-c2ccc(-c3nc4ccccc4nc3-c3cc4cccnc4c4ccccc34)cc2)cc1. The van der Waals surface area contributed by atoms with Crippen molar-refractivity contribution in [3.8, 4) is 101 Å². The highest BCUT2D eigenvalue weighted by Crippen LogP contribution is 2.44. The summed E-state index contributed by atoms with van der Waals surface area (Å²) in [5.74, 6) is 1.45. The highest BCUT2D eigenvalue weighted by Gasteiger charge is 2.22. The maximum atomic E-state index is 5.27. The van der Waals surface area contributed by atoms with E-state index in [1.165, 1.54) is 38.1 Å². The number of pyridine rings is 3. The molecule has 7 heterocycles. The van der Waals surface area contributed by atoms with Crippen molar-refractivity contribution in [3.05, 3.63) is 383 Å². The molecule has 0 aliphatic rings. The first-order valence-electron chi connectivity index (χ1n) is 37.0. The van der Waals surface area contributed by atoms with E-state index >= 15 is 0 Å². The van der Waals surface area contributed by atoms with Crippen LogP contribution in [-0.4, -0.2) is 44.9 Å². The highest BCUT2D eigenvalue weighted by molar-refractivity contribution is 7.26. The van der Waals surface area contributed by atoms with Crippen molar-refractivity contribution in [1.29, 1.82) is 0 Å². The number of rotatable bonds is 9. The van der Waals surface area contributed by atoms with Gasteiger partial charge in [-0.25, -0.2) is 29.9 Å². The lowest BCUT2D eigenvalue weighted by molar-refractivity contribution is 1.23. The normalized spacial score (nSPS) is 11.4. The van der Waals surface area contributed by atoms with E-state index in [2.05, 4.69) is 306 Å². The first-order valence-corrected chi connectivity index (χ1v) is 37.9. The molecule has 111 heavy (non-hydrogen) atoms. The Balaban J connectivity index is 0.000000109. The summed E-state index contributed by atoms with van der Waals surface area (Å²) in [6.45, 7) is 0. The van der Waals surface area contributed by atoms with Gasteiger partial charge < -0.3 is 0 Å². The van der Waals surface area contributed by atoms with E-state index in [4.69, 9.17) is 29.9 Å². The first kappa shape index (κ1) is 65.8. The molecule has 15 aromatic carbocycles. The maximum Gasteiger partial charge on any atom is 0.161 e. The van der Waals surface area contributed by atoms with Gasteiger partial charge in [0.15, 0.2) is 11.6 Å². The Morgan fingerprint density at radius 1 is 0.189 bits per heavy atom. The number of aromatic nitrogens is 9. The third kappa shape index (κ3) is 12.4. The predicted molar refractivity (Wildman–Crippen MR) is 461 cm³/mol. The molecular formula is C101H63N9S. The van der Waals surface area contributed by atoms with Crippen LogP contribution in [-0.2, 0) is 0 Å². The van der Waals surface area contributed by atoms with Gasteiger partial charge in [0.25, 0.3) is 0 Å². The molecule has 0 bridgehead atoms. The molecule has 10 heteroatoms. The molecule has 7 aromatic heterocycles. The number of hydrogen-bond acceptors (Lipinski definition) is 10. The minimum atomic E-state index is 0.720. The van der Waals surface area contributed by atoms with Gasteiger partial charge in [0, 0.05) is 99.8 Å². The van der Waals surface area contributed by atoms with E-state index in [0.29, 0.717) is 0 Å². The molecule has 0 radical (unpaired) electrons. The minimum Gasteiger partial charge on any atom is -0.256 e. The molecule has 0 spiro atoms. The summed E-state index contributed by atoms with van der Waals surface area (Å²) >= 11 is 1.76. The number of hydrogen-bond donors (Lipinski definition) is 0. The van der Waals surface area contributed by atoms with Gasteiger partial charge in [0.05, 0.1) is 66.1 Å². The van der Waals surface area contributed by atoms with E-state index in [1.54, 1.807) is 11.3 Å². The van der Waals surface area contributed by atoms with Crippen LogP contribution >= 0.6 is 11.3 Å². The molecule has 0 aliphatic heterocycles. The summed E-state index contributed by atoms with van der Waals surface area (Å²) in [5.41, 5.74) is 23.8. The van der Waals surface area contributed by atoms with E-state index in [-0.39, 0.29) is 0 Å². The van der Waals surface area contributed by atoms with Gasteiger partial charge in [-0.2, -0.15) is 0 Å². The smallest absolute Gasteiger partial charge is 0.161 e. The Bertz CT molecular complexity index is 7300. The Kier molecular flexibility index (Phi) is 16.9. The molecule has 518 valence electrons. The van der Waals surface area contributed by atoms with Gasteiger partial charge >= 0.3 is 0 Å². The van der Waals surface area contributed by atoms with Gasteiger partial charge in [0.2, 0.25) is 0 Å². The molecule has 0 unspecified atom stereocenters. The van der Waals surface area contributed by atoms with Crippen LogP contribution in [0.15, 0.2) is 383 Å². The highest BCUT2D eigenvalue weighted by atomic mass is 32.1. The van der Waals surface area contributed by atoms with Crippen LogP contribution < -0.4 is 0 Å². The van der Waals surface area contributed by atoms with Crippen LogP contribution in [0.2, 0.25) is 0 Å². The molecule has 0 aliphatic carbocycles. The van der Waals surface area contributed by atoms with E-state index in [9.17, 15) is 0 Å². The second kappa shape index (κ2) is 28.5. The number of nitrogens with zero attached hydrogens (tertiary/aromatic N) is 9. The average Bonchev–Trinajstić information content (AvgIpc) is 1.63. The zero-order chi connectivity index (χ0) is 73.6. The Morgan fingerprint density at radius 3 is 1.00 bits per heavy atom. The molecule has 0 N–H and O–H groups in total. The first-order chi connectivity index (χ1) is 55.0.